The number of hydrogen-bond donors (Lipinski definition) is 1. The standard InChI is InChI=1S/C29H27N5O/c30-29-27-12-11-23(17-28(27)31-21-32-29)18-34-15-14-33(19-26(34)20-35)13-5-7-22-6-4-10-25(16-22)24-8-2-1-3-9-24/h1-4,6,8-12,16-17,20-21,26H,13-15,18-19H2,(H2,30,31,32). The molecule has 0 saturated carbocycles. The van der Waals surface area contributed by atoms with Crippen molar-refractivity contribution in [1.82, 2.24) is 19.8 Å². The lowest BCUT2D eigenvalue weighted by atomic mass is 10.0. The molecule has 174 valence electrons. The van der Waals surface area contributed by atoms with Crippen LogP contribution in [-0.2, 0) is 11.3 Å². The maximum Gasteiger partial charge on any atom is 0.138 e. The van der Waals surface area contributed by atoms with Gasteiger partial charge in [-0.2, -0.15) is 0 Å². The Balaban J connectivity index is 1.21. The molecule has 1 atom stereocenters. The maximum absolute atomic E-state index is 11.9. The van der Waals surface area contributed by atoms with Crippen molar-refractivity contribution in [2.24, 2.45) is 0 Å². The van der Waals surface area contributed by atoms with Crippen LogP contribution in [0, 0.1) is 11.8 Å². The van der Waals surface area contributed by atoms with Crippen molar-refractivity contribution in [2.75, 3.05) is 31.9 Å². The van der Waals surface area contributed by atoms with E-state index in [9.17, 15) is 4.79 Å². The molecule has 4 aromatic rings. The molecule has 0 radical (unpaired) electrons. The van der Waals surface area contributed by atoms with Gasteiger partial charge in [0.05, 0.1) is 18.1 Å². The highest BCUT2D eigenvalue weighted by Crippen LogP contribution is 2.21. The second kappa shape index (κ2) is 10.5. The fourth-order valence-corrected chi connectivity index (χ4v) is 4.49. The fourth-order valence-electron chi connectivity index (χ4n) is 4.49. The van der Waals surface area contributed by atoms with E-state index in [-0.39, 0.29) is 6.04 Å². The summed E-state index contributed by atoms with van der Waals surface area (Å²) in [4.78, 5) is 24.7. The van der Waals surface area contributed by atoms with Gasteiger partial charge in [0, 0.05) is 37.1 Å². The first kappa shape index (κ1) is 22.7. The molecule has 1 unspecified atom stereocenters. The zero-order valence-electron chi connectivity index (χ0n) is 19.5. The molecule has 1 fully saturated rings. The summed E-state index contributed by atoms with van der Waals surface area (Å²) in [7, 11) is 0. The van der Waals surface area contributed by atoms with Crippen LogP contribution in [-0.4, -0.2) is 58.3 Å². The predicted molar refractivity (Wildman–Crippen MR) is 139 cm³/mol. The van der Waals surface area contributed by atoms with Crippen LogP contribution in [0.4, 0.5) is 5.82 Å². The zero-order chi connectivity index (χ0) is 24.0. The van der Waals surface area contributed by atoms with E-state index in [1.165, 1.54) is 11.9 Å². The highest BCUT2D eigenvalue weighted by atomic mass is 16.1. The first-order chi connectivity index (χ1) is 17.2. The van der Waals surface area contributed by atoms with E-state index in [4.69, 9.17) is 5.73 Å². The number of benzene rings is 3. The lowest BCUT2D eigenvalue weighted by Gasteiger charge is -2.38. The Hall–Kier alpha value is -4.05. The smallest absolute Gasteiger partial charge is 0.138 e. The second-order valence-electron chi connectivity index (χ2n) is 8.77. The van der Waals surface area contributed by atoms with Gasteiger partial charge in [-0.25, -0.2) is 9.97 Å². The SMILES string of the molecule is Nc1ncnc2cc(CN3CCN(CC#Cc4cccc(-c5ccccc5)c4)CC3C=O)ccc12. The summed E-state index contributed by atoms with van der Waals surface area (Å²) in [6.45, 7) is 3.67. The molecular weight excluding hydrogens is 434 g/mol. The van der Waals surface area contributed by atoms with Gasteiger partial charge in [0.25, 0.3) is 0 Å². The molecule has 5 rings (SSSR count). The molecule has 0 aliphatic carbocycles. The predicted octanol–water partition coefficient (Wildman–Crippen LogP) is 3.62. The van der Waals surface area contributed by atoms with Crippen molar-refractivity contribution in [2.45, 2.75) is 12.6 Å². The fraction of sp³-hybridized carbons (Fsp3) is 0.207. The van der Waals surface area contributed by atoms with Gasteiger partial charge in [0.15, 0.2) is 0 Å². The summed E-state index contributed by atoms with van der Waals surface area (Å²) >= 11 is 0. The second-order valence-corrected chi connectivity index (χ2v) is 8.77. The summed E-state index contributed by atoms with van der Waals surface area (Å²) in [5, 5.41) is 0.848. The Bertz CT molecular complexity index is 1390. The number of nitrogen functional groups attached to an aromatic ring is 1. The normalized spacial score (nSPS) is 16.5. The van der Waals surface area contributed by atoms with E-state index >= 15 is 0 Å². The maximum atomic E-state index is 11.9. The average molecular weight is 462 g/mol. The monoisotopic (exact) mass is 461 g/mol. The molecule has 6 nitrogen and oxygen atoms in total. The van der Waals surface area contributed by atoms with E-state index in [2.05, 4.69) is 55.9 Å². The molecule has 1 aliphatic heterocycles. The lowest BCUT2D eigenvalue weighted by Crippen LogP contribution is -2.53. The summed E-state index contributed by atoms with van der Waals surface area (Å²) in [6.07, 6.45) is 2.53. The Morgan fingerprint density at radius 3 is 2.69 bits per heavy atom. The van der Waals surface area contributed by atoms with Crippen molar-refractivity contribution in [3.63, 3.8) is 0 Å². The number of hydrogen-bond acceptors (Lipinski definition) is 6. The van der Waals surface area contributed by atoms with Crippen molar-refractivity contribution in [1.29, 1.82) is 0 Å². The molecule has 6 heteroatoms. The van der Waals surface area contributed by atoms with Crippen LogP contribution in [0.5, 0.6) is 0 Å². The van der Waals surface area contributed by atoms with Gasteiger partial charge in [-0.15, -0.1) is 0 Å². The Morgan fingerprint density at radius 2 is 1.83 bits per heavy atom. The molecule has 1 aliphatic rings. The summed E-state index contributed by atoms with van der Waals surface area (Å²) in [5.74, 6) is 7.07. The van der Waals surface area contributed by atoms with Crippen LogP contribution in [0.3, 0.4) is 0 Å². The van der Waals surface area contributed by atoms with E-state index < -0.39 is 0 Å². The van der Waals surface area contributed by atoms with E-state index in [1.54, 1.807) is 0 Å². The Labute approximate surface area is 205 Å². The van der Waals surface area contributed by atoms with Gasteiger partial charge >= 0.3 is 0 Å². The topological polar surface area (TPSA) is 75.3 Å². The molecule has 2 N–H and O–H groups in total. The van der Waals surface area contributed by atoms with Crippen LogP contribution in [0.15, 0.2) is 79.1 Å². The molecule has 1 saturated heterocycles. The van der Waals surface area contributed by atoms with Gasteiger partial charge < -0.3 is 10.5 Å². The number of aldehydes is 1. The first-order valence-electron chi connectivity index (χ1n) is 11.7. The summed E-state index contributed by atoms with van der Waals surface area (Å²) < 4.78 is 0. The average Bonchev–Trinajstić information content (AvgIpc) is 2.90. The minimum Gasteiger partial charge on any atom is -0.383 e. The van der Waals surface area contributed by atoms with Crippen LogP contribution in [0.25, 0.3) is 22.0 Å². The van der Waals surface area contributed by atoms with E-state index in [0.717, 1.165) is 47.0 Å². The zero-order valence-corrected chi connectivity index (χ0v) is 19.5. The third-order valence-corrected chi connectivity index (χ3v) is 6.40. The number of carbonyl (C=O) groups excluding carboxylic acids is 1. The Kier molecular flexibility index (Phi) is 6.80. The third-order valence-electron chi connectivity index (χ3n) is 6.40. The van der Waals surface area contributed by atoms with Gasteiger partial charge in [-0.05, 0) is 41.0 Å². The molecule has 3 aromatic carbocycles. The van der Waals surface area contributed by atoms with E-state index in [0.29, 0.717) is 25.5 Å². The Morgan fingerprint density at radius 1 is 0.971 bits per heavy atom. The van der Waals surface area contributed by atoms with Crippen molar-refractivity contribution in [3.8, 4) is 23.0 Å². The molecular formula is C29H27N5O. The van der Waals surface area contributed by atoms with E-state index in [1.807, 2.05) is 48.5 Å². The van der Waals surface area contributed by atoms with Crippen LogP contribution < -0.4 is 5.73 Å². The van der Waals surface area contributed by atoms with Gasteiger partial charge in [-0.1, -0.05) is 60.4 Å². The van der Waals surface area contributed by atoms with Gasteiger partial charge in [-0.3, -0.25) is 9.80 Å². The number of anilines is 1. The van der Waals surface area contributed by atoms with Gasteiger partial charge in [0.2, 0.25) is 0 Å². The van der Waals surface area contributed by atoms with Crippen LogP contribution >= 0.6 is 0 Å². The molecule has 35 heavy (non-hydrogen) atoms. The highest BCUT2D eigenvalue weighted by molar-refractivity contribution is 5.88. The number of nitrogens with two attached hydrogens (primary N) is 1. The number of fused-ring (bicyclic) bond motifs is 1. The van der Waals surface area contributed by atoms with Gasteiger partial charge in [0.1, 0.15) is 18.4 Å². The number of aromatic nitrogens is 2. The molecule has 2 heterocycles. The number of carbonyl (C=O) groups is 1. The van der Waals surface area contributed by atoms with Crippen LogP contribution in [0.1, 0.15) is 11.1 Å². The summed E-state index contributed by atoms with van der Waals surface area (Å²) in [5.41, 5.74) is 11.2. The van der Waals surface area contributed by atoms with Crippen molar-refractivity contribution < 1.29 is 4.79 Å². The summed E-state index contributed by atoms with van der Waals surface area (Å²) in [6, 6.07) is 24.5. The third kappa shape index (κ3) is 5.38. The largest absolute Gasteiger partial charge is 0.383 e. The lowest BCUT2D eigenvalue weighted by molar-refractivity contribution is -0.114. The molecule has 0 amide bonds. The first-order valence-corrected chi connectivity index (χ1v) is 11.7. The highest BCUT2D eigenvalue weighted by Gasteiger charge is 2.26. The minimum atomic E-state index is -0.168. The number of piperazine rings is 1. The quantitative estimate of drug-likeness (QED) is 0.362. The van der Waals surface area contributed by atoms with Crippen LogP contribution in [0.2, 0.25) is 0 Å². The number of nitrogens with zero attached hydrogens (tertiary/aromatic N) is 4. The molecule has 1 aromatic heterocycles. The number of rotatable bonds is 5. The van der Waals surface area contributed by atoms with Crippen molar-refractivity contribution in [3.05, 3.63) is 90.3 Å². The van der Waals surface area contributed by atoms with Crippen molar-refractivity contribution >= 4 is 23.0 Å². The minimum absolute atomic E-state index is 0.168. The molecule has 0 bridgehead atoms. The molecule has 0 spiro atoms.